The molecule has 0 unspecified atom stereocenters. The molecule has 1 aromatic heterocycles. The van der Waals surface area contributed by atoms with Crippen LogP contribution in [0.25, 0.3) is 0 Å². The van der Waals surface area contributed by atoms with Gasteiger partial charge in [-0.1, -0.05) is 13.8 Å². The number of carbonyl (C=O) groups is 1. The number of aromatic carboxylic acids is 1. The van der Waals surface area contributed by atoms with E-state index in [0.717, 1.165) is 12.3 Å². The summed E-state index contributed by atoms with van der Waals surface area (Å²) in [5, 5.41) is 22.3. The topological polar surface area (TPSA) is 105 Å². The van der Waals surface area contributed by atoms with Crippen LogP contribution in [0.15, 0.2) is 12.3 Å². The molecule has 0 fully saturated rings. The molecule has 0 aromatic carbocycles. The quantitative estimate of drug-likeness (QED) is 0.599. The van der Waals surface area contributed by atoms with Crippen LogP contribution in [0.2, 0.25) is 0 Å². The highest BCUT2D eigenvalue weighted by atomic mass is 16.6. The molecule has 17 heavy (non-hydrogen) atoms. The van der Waals surface area contributed by atoms with E-state index in [2.05, 4.69) is 10.3 Å². The van der Waals surface area contributed by atoms with E-state index in [0.29, 0.717) is 12.5 Å². The number of carboxylic acid groups (broad SMARTS) is 1. The number of rotatable bonds is 5. The van der Waals surface area contributed by atoms with E-state index in [1.54, 1.807) is 0 Å². The first-order chi connectivity index (χ1) is 7.91. The van der Waals surface area contributed by atoms with Crippen molar-refractivity contribution in [3.63, 3.8) is 0 Å². The lowest BCUT2D eigenvalue weighted by Gasteiger charge is -2.08. The maximum absolute atomic E-state index is 10.8. The monoisotopic (exact) mass is 239 g/mol. The first-order valence-corrected chi connectivity index (χ1v) is 5.03. The van der Waals surface area contributed by atoms with Crippen LogP contribution in [0.5, 0.6) is 0 Å². The fourth-order valence-electron chi connectivity index (χ4n) is 1.15. The van der Waals surface area contributed by atoms with Gasteiger partial charge in [-0.05, 0) is 5.92 Å². The van der Waals surface area contributed by atoms with Gasteiger partial charge < -0.3 is 10.4 Å². The van der Waals surface area contributed by atoms with Crippen molar-refractivity contribution in [1.82, 2.24) is 4.98 Å². The van der Waals surface area contributed by atoms with Gasteiger partial charge in [-0.15, -0.1) is 0 Å². The number of nitro groups is 1. The molecule has 0 spiro atoms. The SMILES string of the molecule is CC(C)CNc1ncc(C(=O)O)cc1[N+](=O)[O-]. The van der Waals surface area contributed by atoms with Gasteiger partial charge >= 0.3 is 11.7 Å². The van der Waals surface area contributed by atoms with Crippen LogP contribution in [0.1, 0.15) is 24.2 Å². The summed E-state index contributed by atoms with van der Waals surface area (Å²) in [7, 11) is 0. The van der Waals surface area contributed by atoms with Crippen LogP contribution in [0.4, 0.5) is 11.5 Å². The van der Waals surface area contributed by atoms with E-state index in [1.165, 1.54) is 0 Å². The zero-order valence-electron chi connectivity index (χ0n) is 9.51. The van der Waals surface area contributed by atoms with E-state index in [4.69, 9.17) is 5.11 Å². The number of nitrogens with zero attached hydrogens (tertiary/aromatic N) is 2. The van der Waals surface area contributed by atoms with E-state index in [-0.39, 0.29) is 17.1 Å². The van der Waals surface area contributed by atoms with Crippen molar-refractivity contribution in [2.75, 3.05) is 11.9 Å². The third-order valence-corrected chi connectivity index (χ3v) is 1.99. The molecule has 1 rings (SSSR count). The molecule has 0 aliphatic carbocycles. The summed E-state index contributed by atoms with van der Waals surface area (Å²) in [5.74, 6) is -0.847. The van der Waals surface area contributed by atoms with Crippen molar-refractivity contribution in [2.45, 2.75) is 13.8 Å². The van der Waals surface area contributed by atoms with Gasteiger partial charge in [0.25, 0.3) is 0 Å². The van der Waals surface area contributed by atoms with Gasteiger partial charge in [0.15, 0.2) is 0 Å². The maximum atomic E-state index is 10.8. The molecule has 2 N–H and O–H groups in total. The molecule has 0 radical (unpaired) electrons. The number of nitrogens with one attached hydrogen (secondary N) is 1. The Bertz CT molecular complexity index is 445. The maximum Gasteiger partial charge on any atom is 0.337 e. The van der Waals surface area contributed by atoms with Crippen LogP contribution < -0.4 is 5.32 Å². The number of aromatic nitrogens is 1. The fourth-order valence-corrected chi connectivity index (χ4v) is 1.15. The predicted octanol–water partition coefficient (Wildman–Crippen LogP) is 1.76. The summed E-state index contributed by atoms with van der Waals surface area (Å²) in [5.41, 5.74) is -0.530. The first-order valence-electron chi connectivity index (χ1n) is 5.03. The van der Waals surface area contributed by atoms with Gasteiger partial charge in [-0.25, -0.2) is 9.78 Å². The zero-order chi connectivity index (χ0) is 13.0. The Morgan fingerprint density at radius 3 is 2.76 bits per heavy atom. The number of pyridine rings is 1. The standard InChI is InChI=1S/C10H13N3O4/c1-6(2)4-11-9-8(13(16)17)3-7(5-12-9)10(14)15/h3,5-6H,4H2,1-2H3,(H,11,12)(H,14,15). The lowest BCUT2D eigenvalue weighted by atomic mass is 10.2. The molecule has 0 bridgehead atoms. The van der Waals surface area contributed by atoms with Crippen LogP contribution >= 0.6 is 0 Å². The van der Waals surface area contributed by atoms with Crippen molar-refractivity contribution >= 4 is 17.5 Å². The second kappa shape index (κ2) is 5.24. The molecular weight excluding hydrogens is 226 g/mol. The average molecular weight is 239 g/mol. The zero-order valence-corrected chi connectivity index (χ0v) is 9.51. The lowest BCUT2D eigenvalue weighted by Crippen LogP contribution is -2.11. The van der Waals surface area contributed by atoms with E-state index < -0.39 is 10.9 Å². The molecule has 92 valence electrons. The van der Waals surface area contributed by atoms with Gasteiger partial charge in [-0.2, -0.15) is 0 Å². The summed E-state index contributed by atoms with van der Waals surface area (Å²) in [4.78, 5) is 24.6. The van der Waals surface area contributed by atoms with Crippen LogP contribution in [0, 0.1) is 16.0 Å². The van der Waals surface area contributed by atoms with Crippen molar-refractivity contribution < 1.29 is 14.8 Å². The highest BCUT2D eigenvalue weighted by molar-refractivity contribution is 5.88. The smallest absolute Gasteiger partial charge is 0.337 e. The Kier molecular flexibility index (Phi) is 3.97. The Hall–Kier alpha value is -2.18. The van der Waals surface area contributed by atoms with E-state index >= 15 is 0 Å². The van der Waals surface area contributed by atoms with Crippen LogP contribution in [-0.4, -0.2) is 27.5 Å². The number of anilines is 1. The minimum atomic E-state index is -1.24. The summed E-state index contributed by atoms with van der Waals surface area (Å²) in [6.07, 6.45) is 1.10. The van der Waals surface area contributed by atoms with Gasteiger partial charge in [0, 0.05) is 18.8 Å². The van der Waals surface area contributed by atoms with Crippen molar-refractivity contribution in [2.24, 2.45) is 5.92 Å². The minimum absolute atomic E-state index is 0.0914. The molecule has 0 saturated heterocycles. The largest absolute Gasteiger partial charge is 0.478 e. The summed E-state index contributed by atoms with van der Waals surface area (Å²) < 4.78 is 0. The molecule has 7 heteroatoms. The minimum Gasteiger partial charge on any atom is -0.478 e. The van der Waals surface area contributed by atoms with Gasteiger partial charge in [0.2, 0.25) is 5.82 Å². The summed E-state index contributed by atoms with van der Waals surface area (Å²) >= 11 is 0. The van der Waals surface area contributed by atoms with Gasteiger partial charge in [0.1, 0.15) is 0 Å². The Morgan fingerprint density at radius 1 is 1.65 bits per heavy atom. The molecule has 0 aliphatic heterocycles. The molecule has 0 saturated carbocycles. The molecule has 0 amide bonds. The normalized spacial score (nSPS) is 10.3. The van der Waals surface area contributed by atoms with Crippen molar-refractivity contribution in [3.8, 4) is 0 Å². The highest BCUT2D eigenvalue weighted by Gasteiger charge is 2.18. The summed E-state index contributed by atoms with van der Waals surface area (Å²) in [6.45, 7) is 4.43. The van der Waals surface area contributed by atoms with E-state index in [1.807, 2.05) is 13.8 Å². The average Bonchev–Trinajstić information content (AvgIpc) is 2.25. The molecule has 7 nitrogen and oxygen atoms in total. The van der Waals surface area contributed by atoms with Crippen molar-refractivity contribution in [3.05, 3.63) is 27.9 Å². The first kappa shape index (κ1) is 12.9. The number of hydrogen-bond acceptors (Lipinski definition) is 5. The highest BCUT2D eigenvalue weighted by Crippen LogP contribution is 2.22. The molecule has 0 atom stereocenters. The third-order valence-electron chi connectivity index (χ3n) is 1.99. The molecule has 1 aromatic rings. The Labute approximate surface area is 97.6 Å². The van der Waals surface area contributed by atoms with E-state index in [9.17, 15) is 14.9 Å². The second-order valence-electron chi connectivity index (χ2n) is 3.93. The summed E-state index contributed by atoms with van der Waals surface area (Å²) in [6, 6.07) is 0.998. The fraction of sp³-hybridized carbons (Fsp3) is 0.400. The second-order valence-corrected chi connectivity index (χ2v) is 3.93. The molecule has 0 aliphatic rings. The number of hydrogen-bond donors (Lipinski definition) is 2. The molecule has 1 heterocycles. The molecular formula is C10H13N3O4. The van der Waals surface area contributed by atoms with Gasteiger partial charge in [0.05, 0.1) is 10.5 Å². The van der Waals surface area contributed by atoms with Crippen molar-refractivity contribution in [1.29, 1.82) is 0 Å². The number of carboxylic acids is 1. The van der Waals surface area contributed by atoms with Crippen LogP contribution in [0.3, 0.4) is 0 Å². The third kappa shape index (κ3) is 3.40. The Morgan fingerprint density at radius 2 is 2.29 bits per heavy atom. The van der Waals surface area contributed by atoms with Crippen LogP contribution in [-0.2, 0) is 0 Å². The Balaban J connectivity index is 3.04. The lowest BCUT2D eigenvalue weighted by molar-refractivity contribution is -0.384. The van der Waals surface area contributed by atoms with Gasteiger partial charge in [-0.3, -0.25) is 10.1 Å². The predicted molar refractivity (Wildman–Crippen MR) is 61.2 cm³/mol.